The summed E-state index contributed by atoms with van der Waals surface area (Å²) in [4.78, 5) is 19.9. The van der Waals surface area contributed by atoms with Crippen LogP contribution >= 0.6 is 11.6 Å². The van der Waals surface area contributed by atoms with E-state index in [4.69, 9.17) is 22.9 Å². The van der Waals surface area contributed by atoms with Crippen molar-refractivity contribution in [2.24, 2.45) is 7.05 Å². The van der Waals surface area contributed by atoms with Gasteiger partial charge in [-0.05, 0) is 22.9 Å². The minimum absolute atomic E-state index is 0.0491. The van der Waals surface area contributed by atoms with Crippen molar-refractivity contribution in [1.82, 2.24) is 14.8 Å². The van der Waals surface area contributed by atoms with E-state index in [-0.39, 0.29) is 10.7 Å². The summed E-state index contributed by atoms with van der Waals surface area (Å²) < 4.78 is 6.42. The van der Waals surface area contributed by atoms with Crippen molar-refractivity contribution in [3.8, 4) is 22.5 Å². The van der Waals surface area contributed by atoms with Gasteiger partial charge in [-0.25, -0.2) is 14.6 Å². The summed E-state index contributed by atoms with van der Waals surface area (Å²) in [5.41, 5.74) is 3.50. The number of hydrogen-bond donors (Lipinski definition) is 0. The summed E-state index contributed by atoms with van der Waals surface area (Å²) in [6.45, 7) is 7.75. The zero-order valence-corrected chi connectivity index (χ0v) is 16.4. The standard InChI is InChI=1S/C22H15ClN4O2/c1-24-19-14-7-5-4-6-13(14)8-9-15(19)20-17(12-25-27(20)2)18-11-10-16(21(23)26-18)22(28)29-3/h4-12H,2-3H3. The van der Waals surface area contributed by atoms with Gasteiger partial charge in [-0.2, -0.15) is 5.10 Å². The first kappa shape index (κ1) is 18.7. The number of benzene rings is 2. The fourth-order valence-corrected chi connectivity index (χ4v) is 3.59. The minimum Gasteiger partial charge on any atom is -0.465 e. The maximum atomic E-state index is 11.8. The van der Waals surface area contributed by atoms with E-state index >= 15 is 0 Å². The number of ether oxygens (including phenoxy) is 1. The van der Waals surface area contributed by atoms with Crippen molar-refractivity contribution >= 4 is 34.0 Å². The quantitative estimate of drug-likeness (QED) is 0.265. The van der Waals surface area contributed by atoms with Crippen LogP contribution in [0.5, 0.6) is 0 Å². The molecular weight excluding hydrogens is 388 g/mol. The first-order chi connectivity index (χ1) is 14.0. The van der Waals surface area contributed by atoms with E-state index in [1.807, 2.05) is 43.4 Å². The second-order valence-electron chi connectivity index (χ2n) is 6.35. The third-order valence-electron chi connectivity index (χ3n) is 4.74. The van der Waals surface area contributed by atoms with Crippen molar-refractivity contribution in [3.05, 3.63) is 76.9 Å². The largest absolute Gasteiger partial charge is 0.465 e. The molecule has 0 amide bonds. The van der Waals surface area contributed by atoms with E-state index in [0.717, 1.165) is 22.0 Å². The van der Waals surface area contributed by atoms with Crippen LogP contribution in [-0.4, -0.2) is 27.8 Å². The Morgan fingerprint density at radius 3 is 2.66 bits per heavy atom. The molecule has 0 radical (unpaired) electrons. The van der Waals surface area contributed by atoms with Gasteiger partial charge in [-0.15, -0.1) is 0 Å². The lowest BCUT2D eigenvalue weighted by Gasteiger charge is -2.11. The second-order valence-corrected chi connectivity index (χ2v) is 6.71. The predicted octanol–water partition coefficient (Wildman–Crippen LogP) is 5.29. The number of nitrogens with zero attached hydrogens (tertiary/aromatic N) is 4. The number of halogens is 1. The number of aryl methyl sites for hydroxylation is 1. The Kier molecular flexibility index (Phi) is 4.75. The monoisotopic (exact) mass is 402 g/mol. The van der Waals surface area contributed by atoms with Gasteiger partial charge in [-0.3, -0.25) is 4.68 Å². The fourth-order valence-electron chi connectivity index (χ4n) is 3.36. The molecule has 0 aliphatic rings. The number of rotatable bonds is 3. The Balaban J connectivity index is 1.93. The molecule has 142 valence electrons. The molecule has 4 aromatic rings. The molecule has 29 heavy (non-hydrogen) atoms. The molecule has 0 saturated heterocycles. The summed E-state index contributed by atoms with van der Waals surface area (Å²) in [5.74, 6) is -0.551. The van der Waals surface area contributed by atoms with Gasteiger partial charge < -0.3 is 4.74 Å². The van der Waals surface area contributed by atoms with Gasteiger partial charge in [0.15, 0.2) is 0 Å². The lowest BCUT2D eigenvalue weighted by molar-refractivity contribution is 0.0600. The van der Waals surface area contributed by atoms with E-state index in [1.165, 1.54) is 7.11 Å². The van der Waals surface area contributed by atoms with E-state index in [0.29, 0.717) is 16.9 Å². The van der Waals surface area contributed by atoms with Crippen molar-refractivity contribution in [3.63, 3.8) is 0 Å². The normalized spacial score (nSPS) is 10.7. The molecule has 0 spiro atoms. The highest BCUT2D eigenvalue weighted by Crippen LogP contribution is 2.41. The molecule has 2 heterocycles. The molecule has 0 saturated carbocycles. The third-order valence-corrected chi connectivity index (χ3v) is 5.02. The average molecular weight is 403 g/mol. The Labute approximate surface area is 172 Å². The molecule has 0 aliphatic carbocycles. The molecule has 6 nitrogen and oxygen atoms in total. The second kappa shape index (κ2) is 7.38. The maximum Gasteiger partial charge on any atom is 0.341 e. The molecule has 0 aliphatic heterocycles. The van der Waals surface area contributed by atoms with Crippen molar-refractivity contribution in [2.75, 3.05) is 7.11 Å². The molecule has 2 aromatic heterocycles. The van der Waals surface area contributed by atoms with Crippen LogP contribution in [0.1, 0.15) is 10.4 Å². The lowest BCUT2D eigenvalue weighted by atomic mass is 9.98. The minimum atomic E-state index is -0.551. The summed E-state index contributed by atoms with van der Waals surface area (Å²) in [6, 6.07) is 14.9. The summed E-state index contributed by atoms with van der Waals surface area (Å²) >= 11 is 6.21. The molecule has 7 heteroatoms. The van der Waals surface area contributed by atoms with Crippen LogP contribution in [0, 0.1) is 6.57 Å². The summed E-state index contributed by atoms with van der Waals surface area (Å²) in [5, 5.41) is 6.29. The lowest BCUT2D eigenvalue weighted by Crippen LogP contribution is -2.03. The van der Waals surface area contributed by atoms with Gasteiger partial charge in [0.2, 0.25) is 5.69 Å². The smallest absolute Gasteiger partial charge is 0.341 e. The van der Waals surface area contributed by atoms with Gasteiger partial charge in [0.1, 0.15) is 5.15 Å². The first-order valence-electron chi connectivity index (χ1n) is 8.72. The number of aromatic nitrogens is 3. The molecule has 0 N–H and O–H groups in total. The highest BCUT2D eigenvalue weighted by molar-refractivity contribution is 6.32. The van der Waals surface area contributed by atoms with Crippen molar-refractivity contribution in [2.45, 2.75) is 0 Å². The van der Waals surface area contributed by atoms with Crippen LogP contribution in [0.3, 0.4) is 0 Å². The molecule has 0 fully saturated rings. The van der Waals surface area contributed by atoms with Gasteiger partial charge in [0.05, 0.1) is 36.8 Å². The summed E-state index contributed by atoms with van der Waals surface area (Å²) in [6.07, 6.45) is 1.68. The third kappa shape index (κ3) is 3.12. The zero-order chi connectivity index (χ0) is 20.5. The first-order valence-corrected chi connectivity index (χ1v) is 9.09. The Bertz CT molecular complexity index is 1300. The average Bonchev–Trinajstić information content (AvgIpc) is 3.13. The number of fused-ring (bicyclic) bond motifs is 1. The van der Waals surface area contributed by atoms with Gasteiger partial charge in [0.25, 0.3) is 0 Å². The van der Waals surface area contributed by atoms with E-state index in [2.05, 4.69) is 14.9 Å². The van der Waals surface area contributed by atoms with E-state index in [1.54, 1.807) is 23.0 Å². The number of carbonyl (C=O) groups excluding carboxylic acids is 1. The van der Waals surface area contributed by atoms with E-state index in [9.17, 15) is 4.79 Å². The van der Waals surface area contributed by atoms with Crippen LogP contribution in [-0.2, 0) is 11.8 Å². The van der Waals surface area contributed by atoms with Crippen LogP contribution in [0.2, 0.25) is 5.15 Å². The molecule has 0 bridgehead atoms. The molecule has 0 atom stereocenters. The molecule has 2 aromatic carbocycles. The highest BCUT2D eigenvalue weighted by atomic mass is 35.5. The Morgan fingerprint density at radius 2 is 1.93 bits per heavy atom. The molecule has 4 rings (SSSR count). The van der Waals surface area contributed by atoms with Gasteiger partial charge in [0, 0.05) is 18.2 Å². The van der Waals surface area contributed by atoms with Crippen LogP contribution in [0.4, 0.5) is 5.69 Å². The van der Waals surface area contributed by atoms with E-state index < -0.39 is 5.97 Å². The predicted molar refractivity (Wildman–Crippen MR) is 112 cm³/mol. The topological polar surface area (TPSA) is 61.4 Å². The summed E-state index contributed by atoms with van der Waals surface area (Å²) in [7, 11) is 3.10. The Hall–Kier alpha value is -3.69. The number of carbonyl (C=O) groups is 1. The van der Waals surface area contributed by atoms with Crippen molar-refractivity contribution < 1.29 is 9.53 Å². The number of pyridine rings is 1. The van der Waals surface area contributed by atoms with Gasteiger partial charge in [-0.1, -0.05) is 48.0 Å². The number of esters is 1. The van der Waals surface area contributed by atoms with Crippen LogP contribution in [0.25, 0.3) is 38.1 Å². The number of methoxy groups -OCH3 is 1. The van der Waals surface area contributed by atoms with Crippen LogP contribution in [0.15, 0.2) is 54.7 Å². The molecule has 0 unspecified atom stereocenters. The fraction of sp³-hybridized carbons (Fsp3) is 0.0909. The maximum absolute atomic E-state index is 11.8. The number of hydrogen-bond acceptors (Lipinski definition) is 4. The zero-order valence-electron chi connectivity index (χ0n) is 15.7. The van der Waals surface area contributed by atoms with Crippen molar-refractivity contribution in [1.29, 1.82) is 0 Å². The van der Waals surface area contributed by atoms with Gasteiger partial charge >= 0.3 is 5.97 Å². The molecular formula is C22H15ClN4O2. The SMILES string of the molecule is [C-]#[N+]c1c(-c2c(-c3ccc(C(=O)OC)c(Cl)n3)cnn2C)ccc2ccccc12. The Morgan fingerprint density at radius 1 is 1.14 bits per heavy atom. The van der Waals surface area contributed by atoms with Crippen LogP contribution < -0.4 is 0 Å². The highest BCUT2D eigenvalue weighted by Gasteiger charge is 2.20.